The molecular formula is C13H22N2O4S. The van der Waals surface area contributed by atoms with Crippen LogP contribution in [0.4, 0.5) is 0 Å². The minimum atomic E-state index is -3.66. The Morgan fingerprint density at radius 2 is 1.95 bits per heavy atom. The molecule has 1 amide bonds. The number of amides is 1. The van der Waals surface area contributed by atoms with E-state index >= 15 is 0 Å². The summed E-state index contributed by atoms with van der Waals surface area (Å²) in [6.45, 7) is 6.12. The number of nitrogens with one attached hydrogen (secondary N) is 1. The third-order valence-corrected chi connectivity index (χ3v) is 4.41. The maximum absolute atomic E-state index is 12.2. The molecule has 0 radical (unpaired) electrons. The van der Waals surface area contributed by atoms with Gasteiger partial charge < -0.3 is 9.32 Å². The monoisotopic (exact) mass is 302 g/mol. The summed E-state index contributed by atoms with van der Waals surface area (Å²) in [5, 5.41) is -0.256. The van der Waals surface area contributed by atoms with Crippen molar-refractivity contribution in [2.75, 3.05) is 14.1 Å². The minimum Gasteiger partial charge on any atom is -0.438 e. The predicted octanol–water partition coefficient (Wildman–Crippen LogP) is 1.69. The lowest BCUT2D eigenvalue weighted by Gasteiger charge is -2.25. The second kappa shape index (κ2) is 6.41. The smallest absolute Gasteiger partial charge is 0.289 e. The lowest BCUT2D eigenvalue weighted by atomic mass is 10.0. The molecule has 7 heteroatoms. The molecule has 0 aliphatic carbocycles. The minimum absolute atomic E-state index is 0.0249. The Labute approximate surface area is 120 Å². The highest BCUT2D eigenvalue weighted by atomic mass is 32.2. The van der Waals surface area contributed by atoms with Crippen LogP contribution in [-0.4, -0.2) is 39.4 Å². The van der Waals surface area contributed by atoms with Crippen molar-refractivity contribution in [3.05, 3.63) is 17.9 Å². The number of rotatable bonds is 6. The molecule has 1 aromatic heterocycles. The maximum Gasteiger partial charge on any atom is 0.289 e. The van der Waals surface area contributed by atoms with Gasteiger partial charge in [0.25, 0.3) is 15.9 Å². The lowest BCUT2D eigenvalue weighted by Crippen LogP contribution is -2.35. The fourth-order valence-corrected chi connectivity index (χ4v) is 2.54. The zero-order valence-corrected chi connectivity index (χ0v) is 13.3. The molecule has 0 aliphatic heterocycles. The highest BCUT2D eigenvalue weighted by Gasteiger charge is 2.24. The van der Waals surface area contributed by atoms with Crippen molar-refractivity contribution in [2.24, 2.45) is 5.92 Å². The van der Waals surface area contributed by atoms with Crippen LogP contribution in [0.3, 0.4) is 0 Å². The number of carbonyl (C=O) groups excluding carboxylic acids is 1. The molecule has 20 heavy (non-hydrogen) atoms. The third kappa shape index (κ3) is 3.83. The molecule has 114 valence electrons. The Hall–Kier alpha value is -1.34. The predicted molar refractivity (Wildman–Crippen MR) is 76.0 cm³/mol. The fourth-order valence-electron chi connectivity index (χ4n) is 1.89. The van der Waals surface area contributed by atoms with Gasteiger partial charge in [-0.25, -0.2) is 13.1 Å². The average Bonchev–Trinajstić information content (AvgIpc) is 2.86. The highest BCUT2D eigenvalue weighted by Crippen LogP contribution is 2.17. The molecule has 1 N–H and O–H groups in total. The molecular weight excluding hydrogens is 280 g/mol. The van der Waals surface area contributed by atoms with Crippen molar-refractivity contribution in [3.8, 4) is 0 Å². The van der Waals surface area contributed by atoms with Crippen LogP contribution in [0.5, 0.6) is 0 Å². The van der Waals surface area contributed by atoms with Crippen molar-refractivity contribution >= 4 is 15.9 Å². The first-order valence-electron chi connectivity index (χ1n) is 6.49. The van der Waals surface area contributed by atoms with Crippen LogP contribution in [-0.2, 0) is 10.0 Å². The summed E-state index contributed by atoms with van der Waals surface area (Å²) in [4.78, 5) is 13.8. The van der Waals surface area contributed by atoms with Gasteiger partial charge in [0.05, 0.1) is 0 Å². The summed E-state index contributed by atoms with van der Waals surface area (Å²) in [7, 11) is -0.691. The molecule has 0 unspecified atom stereocenters. The van der Waals surface area contributed by atoms with Gasteiger partial charge in [-0.1, -0.05) is 13.8 Å². The van der Waals surface area contributed by atoms with Crippen LogP contribution >= 0.6 is 0 Å². The largest absolute Gasteiger partial charge is 0.438 e. The Kier molecular flexibility index (Phi) is 5.35. The summed E-state index contributed by atoms with van der Waals surface area (Å²) in [6, 6.07) is 2.71. The lowest BCUT2D eigenvalue weighted by molar-refractivity contribution is 0.0690. The molecule has 1 rings (SSSR count). The van der Waals surface area contributed by atoms with Crippen LogP contribution in [0.15, 0.2) is 21.6 Å². The van der Waals surface area contributed by atoms with E-state index in [4.69, 9.17) is 4.42 Å². The van der Waals surface area contributed by atoms with Gasteiger partial charge >= 0.3 is 0 Å². The maximum atomic E-state index is 12.2. The Balaban J connectivity index is 2.88. The van der Waals surface area contributed by atoms with Crippen molar-refractivity contribution in [3.63, 3.8) is 0 Å². The summed E-state index contributed by atoms with van der Waals surface area (Å²) < 4.78 is 30.4. The molecule has 1 atom stereocenters. The van der Waals surface area contributed by atoms with Crippen LogP contribution in [0, 0.1) is 5.92 Å². The SMILES string of the molecule is CNS(=O)(=O)c1ccc(C(=O)N(C)[C@@H](C)CC(C)C)o1. The molecule has 0 saturated heterocycles. The zero-order valence-electron chi connectivity index (χ0n) is 12.5. The summed E-state index contributed by atoms with van der Waals surface area (Å²) in [6.07, 6.45) is 0.866. The first-order chi connectivity index (χ1) is 9.19. The Morgan fingerprint density at radius 3 is 2.45 bits per heavy atom. The van der Waals surface area contributed by atoms with E-state index in [1.165, 1.54) is 19.2 Å². The quantitative estimate of drug-likeness (QED) is 0.867. The van der Waals surface area contributed by atoms with Crippen molar-refractivity contribution in [2.45, 2.75) is 38.3 Å². The van der Waals surface area contributed by atoms with E-state index in [1.807, 2.05) is 6.92 Å². The van der Waals surface area contributed by atoms with Crippen LogP contribution < -0.4 is 4.72 Å². The molecule has 0 spiro atoms. The molecule has 0 fully saturated rings. The summed E-state index contributed by atoms with van der Waals surface area (Å²) in [5.74, 6) is 0.171. The number of hydrogen-bond donors (Lipinski definition) is 1. The molecule has 0 saturated carbocycles. The van der Waals surface area contributed by atoms with Crippen molar-refractivity contribution in [1.82, 2.24) is 9.62 Å². The summed E-state index contributed by atoms with van der Waals surface area (Å²) >= 11 is 0. The van der Waals surface area contributed by atoms with E-state index in [0.29, 0.717) is 5.92 Å². The molecule has 1 aromatic rings. The normalized spacial score (nSPS) is 13.5. The van der Waals surface area contributed by atoms with E-state index < -0.39 is 10.0 Å². The molecule has 1 heterocycles. The van der Waals surface area contributed by atoms with Crippen molar-refractivity contribution in [1.29, 1.82) is 0 Å². The molecule has 0 aliphatic rings. The second-order valence-electron chi connectivity index (χ2n) is 5.22. The Morgan fingerprint density at radius 1 is 1.35 bits per heavy atom. The number of hydrogen-bond acceptors (Lipinski definition) is 4. The van der Waals surface area contributed by atoms with Crippen LogP contribution in [0.2, 0.25) is 0 Å². The van der Waals surface area contributed by atoms with E-state index in [9.17, 15) is 13.2 Å². The standard InChI is InChI=1S/C13H22N2O4S/c1-9(2)8-10(3)15(5)13(16)11-6-7-12(19-11)20(17,18)14-4/h6-7,9-10,14H,8H2,1-5H3/t10-/m0/s1. The highest BCUT2D eigenvalue weighted by molar-refractivity contribution is 7.89. The zero-order chi connectivity index (χ0) is 15.5. The number of sulfonamides is 1. The van der Waals surface area contributed by atoms with Gasteiger partial charge in [-0.3, -0.25) is 4.79 Å². The van der Waals surface area contributed by atoms with Gasteiger partial charge in [-0.2, -0.15) is 0 Å². The first kappa shape index (κ1) is 16.7. The second-order valence-corrected chi connectivity index (χ2v) is 7.04. The number of furan rings is 1. The van der Waals surface area contributed by atoms with Crippen molar-refractivity contribution < 1.29 is 17.6 Å². The first-order valence-corrected chi connectivity index (χ1v) is 7.98. The number of carbonyl (C=O) groups is 1. The van der Waals surface area contributed by atoms with E-state index in [-0.39, 0.29) is 22.8 Å². The topological polar surface area (TPSA) is 79.6 Å². The van der Waals surface area contributed by atoms with Crippen LogP contribution in [0.1, 0.15) is 37.7 Å². The van der Waals surface area contributed by atoms with E-state index in [1.54, 1.807) is 11.9 Å². The third-order valence-electron chi connectivity index (χ3n) is 3.12. The van der Waals surface area contributed by atoms with Crippen LogP contribution in [0.25, 0.3) is 0 Å². The van der Waals surface area contributed by atoms with Gasteiger partial charge in [0.2, 0.25) is 5.09 Å². The van der Waals surface area contributed by atoms with Gasteiger partial charge in [0.15, 0.2) is 5.76 Å². The van der Waals surface area contributed by atoms with Gasteiger partial charge in [-0.15, -0.1) is 0 Å². The Bertz CT molecular complexity index is 563. The van der Waals surface area contributed by atoms with E-state index in [2.05, 4.69) is 18.6 Å². The molecule has 6 nitrogen and oxygen atoms in total. The molecule has 0 aromatic carbocycles. The van der Waals surface area contributed by atoms with E-state index in [0.717, 1.165) is 6.42 Å². The summed E-state index contributed by atoms with van der Waals surface area (Å²) in [5.41, 5.74) is 0. The van der Waals surface area contributed by atoms with Gasteiger partial charge in [-0.05, 0) is 38.4 Å². The van der Waals surface area contributed by atoms with Gasteiger partial charge in [0, 0.05) is 13.1 Å². The average molecular weight is 302 g/mol. The molecule has 0 bridgehead atoms. The van der Waals surface area contributed by atoms with Gasteiger partial charge in [0.1, 0.15) is 0 Å². The fraction of sp³-hybridized carbons (Fsp3) is 0.615. The number of nitrogens with zero attached hydrogens (tertiary/aromatic N) is 1.